The van der Waals surface area contributed by atoms with Crippen LogP contribution in [0.1, 0.15) is 85.0 Å². The van der Waals surface area contributed by atoms with E-state index >= 15 is 0 Å². The monoisotopic (exact) mass is 416 g/mol. The third-order valence-corrected chi connectivity index (χ3v) is 11.4. The van der Waals surface area contributed by atoms with Crippen LogP contribution in [-0.4, -0.2) is 35.5 Å². The number of rotatable bonds is 0. The molecule has 6 rings (SSSR count). The molecule has 1 spiro atoms. The number of carbonyl (C=O) groups is 1. The number of ether oxygens (including phenoxy) is 2. The Morgan fingerprint density at radius 1 is 1.03 bits per heavy atom. The largest absolute Gasteiger partial charge is 0.393 e. The highest BCUT2D eigenvalue weighted by molar-refractivity contribution is 5.87. The van der Waals surface area contributed by atoms with Crippen molar-refractivity contribution in [2.45, 2.75) is 103 Å². The fourth-order valence-electron chi connectivity index (χ4n) is 9.83. The van der Waals surface area contributed by atoms with E-state index in [1.165, 1.54) is 19.3 Å². The van der Waals surface area contributed by atoms with Crippen LogP contribution in [0.3, 0.4) is 0 Å². The van der Waals surface area contributed by atoms with Gasteiger partial charge in [0.15, 0.2) is 5.79 Å². The van der Waals surface area contributed by atoms with Crippen LogP contribution in [0.2, 0.25) is 0 Å². The first-order valence-electron chi connectivity index (χ1n) is 12.8. The van der Waals surface area contributed by atoms with Gasteiger partial charge < -0.3 is 14.6 Å². The topological polar surface area (TPSA) is 55.8 Å². The van der Waals surface area contributed by atoms with E-state index in [-0.39, 0.29) is 23.0 Å². The van der Waals surface area contributed by atoms with Gasteiger partial charge in [0.1, 0.15) is 5.78 Å². The Kier molecular flexibility index (Phi) is 4.40. The first-order chi connectivity index (χ1) is 14.3. The minimum Gasteiger partial charge on any atom is -0.393 e. The fraction of sp³-hybridized carbons (Fsp3) is 0.962. The van der Waals surface area contributed by atoms with E-state index in [0.717, 1.165) is 51.6 Å². The molecule has 4 heteroatoms. The molecular weight excluding hydrogens is 376 g/mol. The Morgan fingerprint density at radius 2 is 1.87 bits per heavy atom. The van der Waals surface area contributed by atoms with Gasteiger partial charge >= 0.3 is 0 Å². The van der Waals surface area contributed by atoms with E-state index in [9.17, 15) is 9.90 Å². The van der Waals surface area contributed by atoms with Gasteiger partial charge in [-0.1, -0.05) is 20.8 Å². The van der Waals surface area contributed by atoms with Gasteiger partial charge in [-0.3, -0.25) is 4.79 Å². The molecule has 2 aliphatic heterocycles. The van der Waals surface area contributed by atoms with Crippen molar-refractivity contribution in [1.82, 2.24) is 0 Å². The summed E-state index contributed by atoms with van der Waals surface area (Å²) in [5.41, 5.74) is -0.00997. The van der Waals surface area contributed by atoms with Gasteiger partial charge in [0.2, 0.25) is 0 Å². The molecule has 6 aliphatic rings. The number of carbonyl (C=O) groups excluding carboxylic acids is 1. The molecule has 7 unspecified atom stereocenters. The number of ketones is 1. The number of fused-ring (bicyclic) bond motifs is 7. The SMILES string of the molecule is CC1C2C(CC3C4CCC5C[C@@H](O)CC[C@]5(C)C4CC(=O)[C@@]32C)O[C@]12CCCCO2. The van der Waals surface area contributed by atoms with E-state index in [1.54, 1.807) is 0 Å². The van der Waals surface area contributed by atoms with Crippen LogP contribution in [0.4, 0.5) is 0 Å². The number of hydrogen-bond donors (Lipinski definition) is 1. The first-order valence-corrected chi connectivity index (χ1v) is 12.8. The lowest BCUT2D eigenvalue weighted by molar-refractivity contribution is -0.264. The molecule has 4 saturated carbocycles. The summed E-state index contributed by atoms with van der Waals surface area (Å²) >= 11 is 0. The molecule has 4 nitrogen and oxygen atoms in total. The minimum absolute atomic E-state index is 0.129. The Bertz CT molecular complexity index is 729. The summed E-state index contributed by atoms with van der Waals surface area (Å²) in [5.74, 6) is 2.90. The molecule has 2 heterocycles. The zero-order valence-electron chi connectivity index (χ0n) is 19.1. The lowest BCUT2D eigenvalue weighted by Gasteiger charge is -2.60. The van der Waals surface area contributed by atoms with E-state index in [4.69, 9.17) is 9.47 Å². The lowest BCUT2D eigenvalue weighted by atomic mass is 9.44. The van der Waals surface area contributed by atoms with Gasteiger partial charge in [-0.2, -0.15) is 0 Å². The zero-order valence-corrected chi connectivity index (χ0v) is 19.1. The average Bonchev–Trinajstić information content (AvgIpc) is 3.16. The molecule has 11 atom stereocenters. The van der Waals surface area contributed by atoms with Gasteiger partial charge in [0.25, 0.3) is 0 Å². The quantitative estimate of drug-likeness (QED) is 0.620. The Morgan fingerprint density at radius 3 is 2.63 bits per heavy atom. The van der Waals surface area contributed by atoms with Crippen molar-refractivity contribution in [1.29, 1.82) is 0 Å². The Balaban J connectivity index is 1.32. The van der Waals surface area contributed by atoms with E-state index in [2.05, 4.69) is 20.8 Å². The van der Waals surface area contributed by atoms with Crippen molar-refractivity contribution in [3.63, 3.8) is 0 Å². The summed E-state index contributed by atoms with van der Waals surface area (Å²) in [4.78, 5) is 13.9. The zero-order chi connectivity index (χ0) is 20.9. The summed E-state index contributed by atoms with van der Waals surface area (Å²) in [6.07, 6.45) is 10.6. The molecule has 0 aromatic heterocycles. The molecule has 30 heavy (non-hydrogen) atoms. The van der Waals surface area contributed by atoms with Gasteiger partial charge in [-0.25, -0.2) is 0 Å². The van der Waals surface area contributed by atoms with Crippen molar-refractivity contribution >= 4 is 5.78 Å². The molecule has 1 N–H and O–H groups in total. The Hall–Kier alpha value is -0.450. The second-order valence-electron chi connectivity index (χ2n) is 12.3. The highest BCUT2D eigenvalue weighted by Crippen LogP contribution is 2.70. The maximum absolute atomic E-state index is 13.9. The standard InChI is InChI=1S/C26H40O4/c1-15-23-21(30-26(15)9-4-5-11-29-26)13-20-18-7-6-16-12-17(27)8-10-24(16,2)19(18)14-22(28)25(20,23)3/h15-21,23,27H,4-14H2,1-3H3/t15?,16?,17-,18?,19?,20?,21?,23?,24-,25+,26+/m0/s1. The first kappa shape index (κ1) is 20.2. The molecule has 0 amide bonds. The van der Waals surface area contributed by atoms with Gasteiger partial charge in [-0.15, -0.1) is 0 Å². The number of hydrogen-bond acceptors (Lipinski definition) is 4. The number of aliphatic hydroxyl groups excluding tert-OH is 1. The molecule has 0 aromatic carbocycles. The maximum atomic E-state index is 13.9. The highest BCUT2D eigenvalue weighted by Gasteiger charge is 2.71. The smallest absolute Gasteiger partial charge is 0.171 e. The van der Waals surface area contributed by atoms with Crippen molar-refractivity contribution in [3.8, 4) is 0 Å². The van der Waals surface area contributed by atoms with Crippen molar-refractivity contribution < 1.29 is 19.4 Å². The lowest BCUT2D eigenvalue weighted by Crippen LogP contribution is -2.58. The van der Waals surface area contributed by atoms with E-state index < -0.39 is 5.79 Å². The van der Waals surface area contributed by atoms with Crippen LogP contribution in [0.15, 0.2) is 0 Å². The average molecular weight is 417 g/mol. The number of aliphatic hydroxyl groups is 1. The Labute approximate surface area is 181 Å². The molecule has 4 aliphatic carbocycles. The maximum Gasteiger partial charge on any atom is 0.171 e. The van der Waals surface area contributed by atoms with Gasteiger partial charge in [0, 0.05) is 30.1 Å². The normalized spacial score (nSPS) is 60.1. The summed E-state index contributed by atoms with van der Waals surface area (Å²) in [7, 11) is 0. The second kappa shape index (κ2) is 6.54. The molecule has 0 bridgehead atoms. The van der Waals surface area contributed by atoms with E-state index in [0.29, 0.717) is 41.3 Å². The third kappa shape index (κ3) is 2.42. The number of Topliss-reactive ketones (excluding diaryl/α,β-unsaturated/α-hetero) is 1. The van der Waals surface area contributed by atoms with Crippen LogP contribution in [-0.2, 0) is 14.3 Å². The molecule has 168 valence electrons. The summed E-state index contributed by atoms with van der Waals surface area (Å²) in [5, 5.41) is 10.3. The molecule has 6 fully saturated rings. The van der Waals surface area contributed by atoms with Crippen LogP contribution in [0.5, 0.6) is 0 Å². The van der Waals surface area contributed by atoms with Crippen LogP contribution in [0.25, 0.3) is 0 Å². The minimum atomic E-state index is -0.429. The van der Waals surface area contributed by atoms with Crippen LogP contribution < -0.4 is 0 Å². The molecule has 0 radical (unpaired) electrons. The van der Waals surface area contributed by atoms with Gasteiger partial charge in [0.05, 0.1) is 18.8 Å². The highest BCUT2D eigenvalue weighted by atomic mass is 16.7. The predicted molar refractivity (Wildman–Crippen MR) is 114 cm³/mol. The summed E-state index contributed by atoms with van der Waals surface area (Å²) in [6.45, 7) is 7.87. The summed E-state index contributed by atoms with van der Waals surface area (Å²) in [6, 6.07) is 0. The summed E-state index contributed by atoms with van der Waals surface area (Å²) < 4.78 is 13.0. The van der Waals surface area contributed by atoms with Crippen molar-refractivity contribution in [3.05, 3.63) is 0 Å². The third-order valence-electron chi connectivity index (χ3n) is 11.4. The van der Waals surface area contributed by atoms with Crippen molar-refractivity contribution in [2.24, 2.45) is 46.3 Å². The predicted octanol–water partition coefficient (Wildman–Crippen LogP) is 4.73. The molecule has 0 aromatic rings. The van der Waals surface area contributed by atoms with Crippen molar-refractivity contribution in [2.75, 3.05) is 6.61 Å². The van der Waals surface area contributed by atoms with Gasteiger partial charge in [-0.05, 0) is 80.5 Å². The fourth-order valence-corrected chi connectivity index (χ4v) is 9.83. The van der Waals surface area contributed by atoms with Crippen LogP contribution in [0, 0.1) is 46.3 Å². The second-order valence-corrected chi connectivity index (χ2v) is 12.3. The van der Waals surface area contributed by atoms with E-state index in [1.807, 2.05) is 0 Å². The molecule has 2 saturated heterocycles. The molecular formula is C26H40O4. The van der Waals surface area contributed by atoms with Crippen LogP contribution >= 0.6 is 0 Å².